The molecule has 1 aliphatic heterocycles. The Morgan fingerprint density at radius 1 is 1.19 bits per heavy atom. The molecular weight excluding hydrogens is 330 g/mol. The van der Waals surface area contributed by atoms with Crippen LogP contribution in [0.3, 0.4) is 0 Å². The van der Waals surface area contributed by atoms with Crippen molar-refractivity contribution in [3.05, 3.63) is 28.8 Å². The number of fused-ring (bicyclic) bond motifs is 1. The number of hydrogen-bond donors (Lipinski definition) is 1. The molecule has 0 radical (unpaired) electrons. The second-order valence-electron chi connectivity index (χ2n) is 7.60. The standard InChI is InChI=1S/C20H29N3O3/c1-7-21-19(26)22(8-2)17(24)15-10-9-13(3)14-11-12-23(16(14)15)18(25)20(4,5)6/h9-10H,7-8,11-12H2,1-6H3,(H,21,26). The molecule has 1 N–H and O–H groups in total. The molecule has 0 atom stereocenters. The lowest BCUT2D eigenvalue weighted by atomic mass is 9.94. The number of nitrogens with zero attached hydrogens (tertiary/aromatic N) is 2. The van der Waals surface area contributed by atoms with Crippen LogP contribution < -0.4 is 10.2 Å². The normalized spacial score (nSPS) is 13.4. The second-order valence-corrected chi connectivity index (χ2v) is 7.60. The molecule has 1 aromatic rings. The van der Waals surface area contributed by atoms with Gasteiger partial charge in [0.2, 0.25) is 5.91 Å². The first kappa shape index (κ1) is 19.9. The van der Waals surface area contributed by atoms with E-state index < -0.39 is 11.4 Å². The van der Waals surface area contributed by atoms with Crippen LogP contribution in [-0.2, 0) is 11.2 Å². The van der Waals surface area contributed by atoms with E-state index in [9.17, 15) is 14.4 Å². The molecule has 1 aliphatic rings. The van der Waals surface area contributed by atoms with Gasteiger partial charge in [-0.25, -0.2) is 4.79 Å². The highest BCUT2D eigenvalue weighted by molar-refractivity contribution is 6.11. The van der Waals surface area contributed by atoms with Gasteiger partial charge in [-0.05, 0) is 44.4 Å². The van der Waals surface area contributed by atoms with Crippen molar-refractivity contribution in [2.75, 3.05) is 24.5 Å². The van der Waals surface area contributed by atoms with E-state index in [1.165, 1.54) is 4.90 Å². The Morgan fingerprint density at radius 2 is 1.85 bits per heavy atom. The lowest BCUT2D eigenvalue weighted by Gasteiger charge is -2.29. The summed E-state index contributed by atoms with van der Waals surface area (Å²) in [4.78, 5) is 41.2. The van der Waals surface area contributed by atoms with E-state index >= 15 is 0 Å². The summed E-state index contributed by atoms with van der Waals surface area (Å²) in [5.74, 6) is -0.389. The van der Waals surface area contributed by atoms with Crippen LogP contribution >= 0.6 is 0 Å². The SMILES string of the molecule is CCNC(=O)N(CC)C(=O)c1ccc(C)c2c1N(C(=O)C(C)(C)C)CC2. The topological polar surface area (TPSA) is 69.7 Å². The van der Waals surface area contributed by atoms with Gasteiger partial charge in [-0.2, -0.15) is 0 Å². The monoisotopic (exact) mass is 359 g/mol. The van der Waals surface area contributed by atoms with Gasteiger partial charge in [0.15, 0.2) is 0 Å². The molecule has 6 nitrogen and oxygen atoms in total. The van der Waals surface area contributed by atoms with Gasteiger partial charge < -0.3 is 10.2 Å². The number of imide groups is 1. The fraction of sp³-hybridized carbons (Fsp3) is 0.550. The van der Waals surface area contributed by atoms with E-state index in [1.807, 2.05) is 40.7 Å². The van der Waals surface area contributed by atoms with E-state index in [0.717, 1.165) is 17.5 Å². The van der Waals surface area contributed by atoms with E-state index in [1.54, 1.807) is 17.9 Å². The third kappa shape index (κ3) is 3.59. The number of carbonyl (C=O) groups excluding carboxylic acids is 3. The molecule has 0 aromatic heterocycles. The van der Waals surface area contributed by atoms with Gasteiger partial charge in [0, 0.05) is 25.0 Å². The first-order valence-electron chi connectivity index (χ1n) is 9.17. The molecule has 0 saturated heterocycles. The largest absolute Gasteiger partial charge is 0.338 e. The highest BCUT2D eigenvalue weighted by Gasteiger charge is 2.37. The number of amides is 4. The highest BCUT2D eigenvalue weighted by atomic mass is 16.2. The van der Waals surface area contributed by atoms with Gasteiger partial charge in [0.1, 0.15) is 0 Å². The zero-order chi connectivity index (χ0) is 19.6. The van der Waals surface area contributed by atoms with Gasteiger partial charge in [-0.3, -0.25) is 14.5 Å². The maximum absolute atomic E-state index is 13.1. The molecular formula is C20H29N3O3. The van der Waals surface area contributed by atoms with E-state index in [-0.39, 0.29) is 18.4 Å². The fourth-order valence-corrected chi connectivity index (χ4v) is 3.25. The first-order chi connectivity index (χ1) is 12.1. The van der Waals surface area contributed by atoms with Crippen molar-refractivity contribution < 1.29 is 14.4 Å². The van der Waals surface area contributed by atoms with Crippen molar-refractivity contribution in [2.45, 2.75) is 48.0 Å². The Labute approximate surface area is 155 Å². The number of aryl methyl sites for hydroxylation is 1. The highest BCUT2D eigenvalue weighted by Crippen LogP contribution is 2.37. The molecule has 1 aromatic carbocycles. The molecule has 0 saturated carbocycles. The molecule has 0 bridgehead atoms. The van der Waals surface area contributed by atoms with Crippen molar-refractivity contribution in [1.82, 2.24) is 10.2 Å². The average molecular weight is 359 g/mol. The predicted molar refractivity (Wildman–Crippen MR) is 102 cm³/mol. The smallest absolute Gasteiger partial charge is 0.324 e. The lowest BCUT2D eigenvalue weighted by molar-refractivity contribution is -0.125. The maximum atomic E-state index is 13.1. The molecule has 26 heavy (non-hydrogen) atoms. The van der Waals surface area contributed by atoms with Crippen LogP contribution in [0.15, 0.2) is 12.1 Å². The third-order valence-corrected chi connectivity index (χ3v) is 4.62. The van der Waals surface area contributed by atoms with Crippen molar-refractivity contribution in [1.29, 1.82) is 0 Å². The minimum atomic E-state index is -0.546. The molecule has 1 heterocycles. The molecule has 2 rings (SSSR count). The summed E-state index contributed by atoms with van der Waals surface area (Å²) in [6.07, 6.45) is 0.720. The van der Waals surface area contributed by atoms with Crippen molar-refractivity contribution in [2.24, 2.45) is 5.41 Å². The number of anilines is 1. The Hall–Kier alpha value is -2.37. The van der Waals surface area contributed by atoms with Gasteiger partial charge in [0.05, 0.1) is 11.3 Å². The fourth-order valence-electron chi connectivity index (χ4n) is 3.25. The van der Waals surface area contributed by atoms with E-state index in [2.05, 4.69) is 5.32 Å². The van der Waals surface area contributed by atoms with Crippen molar-refractivity contribution in [3.63, 3.8) is 0 Å². The summed E-state index contributed by atoms with van der Waals surface area (Å²) in [5, 5.41) is 2.67. The molecule has 4 amide bonds. The Balaban J connectivity index is 2.52. The number of carbonyl (C=O) groups is 3. The molecule has 142 valence electrons. The number of rotatable bonds is 3. The third-order valence-electron chi connectivity index (χ3n) is 4.62. The second kappa shape index (κ2) is 7.48. The number of nitrogens with one attached hydrogen (secondary N) is 1. The number of hydrogen-bond acceptors (Lipinski definition) is 3. The summed E-state index contributed by atoms with van der Waals surface area (Å²) in [7, 11) is 0. The van der Waals surface area contributed by atoms with Crippen LogP contribution in [0.2, 0.25) is 0 Å². The van der Waals surface area contributed by atoms with Crippen LogP contribution in [-0.4, -0.2) is 42.4 Å². The molecule has 0 aliphatic carbocycles. The molecule has 0 fully saturated rings. The summed E-state index contributed by atoms with van der Waals surface area (Å²) >= 11 is 0. The predicted octanol–water partition coefficient (Wildman–Crippen LogP) is 3.12. The molecule has 6 heteroatoms. The number of benzene rings is 1. The van der Waals surface area contributed by atoms with E-state index in [4.69, 9.17) is 0 Å². The molecule has 0 spiro atoms. The quantitative estimate of drug-likeness (QED) is 0.901. The van der Waals surface area contributed by atoms with Crippen LogP contribution in [0.4, 0.5) is 10.5 Å². The van der Waals surface area contributed by atoms with Crippen LogP contribution in [0.1, 0.15) is 56.1 Å². The van der Waals surface area contributed by atoms with Crippen LogP contribution in [0.5, 0.6) is 0 Å². The summed E-state index contributed by atoms with van der Waals surface area (Å²) < 4.78 is 0. The van der Waals surface area contributed by atoms with E-state index in [0.29, 0.717) is 24.3 Å². The Kier molecular flexibility index (Phi) is 5.74. The average Bonchev–Trinajstić information content (AvgIpc) is 3.00. The van der Waals surface area contributed by atoms with Crippen molar-refractivity contribution in [3.8, 4) is 0 Å². The van der Waals surface area contributed by atoms with Gasteiger partial charge in [0.25, 0.3) is 5.91 Å². The Morgan fingerprint density at radius 3 is 2.38 bits per heavy atom. The Bertz CT molecular complexity index is 735. The zero-order valence-electron chi connectivity index (χ0n) is 16.6. The minimum absolute atomic E-state index is 0.0167. The maximum Gasteiger partial charge on any atom is 0.324 e. The summed E-state index contributed by atoms with van der Waals surface area (Å²) in [5.41, 5.74) is 2.60. The zero-order valence-corrected chi connectivity index (χ0v) is 16.6. The lowest BCUT2D eigenvalue weighted by Crippen LogP contribution is -2.44. The summed E-state index contributed by atoms with van der Waals surface area (Å²) in [6, 6.07) is 3.20. The van der Waals surface area contributed by atoms with Crippen molar-refractivity contribution >= 4 is 23.5 Å². The van der Waals surface area contributed by atoms with Gasteiger partial charge >= 0.3 is 6.03 Å². The minimum Gasteiger partial charge on any atom is -0.338 e. The van der Waals surface area contributed by atoms with Crippen LogP contribution in [0.25, 0.3) is 0 Å². The van der Waals surface area contributed by atoms with Gasteiger partial charge in [-0.15, -0.1) is 0 Å². The molecule has 0 unspecified atom stereocenters. The number of urea groups is 1. The van der Waals surface area contributed by atoms with Gasteiger partial charge in [-0.1, -0.05) is 26.8 Å². The summed E-state index contributed by atoms with van der Waals surface area (Å²) in [6.45, 7) is 12.4. The first-order valence-corrected chi connectivity index (χ1v) is 9.17. The van der Waals surface area contributed by atoms with Crippen LogP contribution in [0, 0.1) is 12.3 Å².